The fourth-order valence-corrected chi connectivity index (χ4v) is 5.65. The van der Waals surface area contributed by atoms with E-state index in [0.29, 0.717) is 5.75 Å². The Kier molecular flexibility index (Phi) is 7.24. The summed E-state index contributed by atoms with van der Waals surface area (Å²) in [6.45, 7) is 7.42. The van der Waals surface area contributed by atoms with Crippen molar-refractivity contribution in [3.63, 3.8) is 0 Å². The minimum Gasteiger partial charge on any atom is -0.508 e. The van der Waals surface area contributed by atoms with Crippen LogP contribution < -0.4 is 4.74 Å². The number of nitrogens with zero attached hydrogens (tertiary/aromatic N) is 2. The van der Waals surface area contributed by atoms with Gasteiger partial charge >= 0.3 is 0 Å². The standard InChI is InChI=1S/C30H38N2O2/c1-23-5-9-26(10-6-23)32-18-15-25-22-27(33)11-14-29(25)30(32)21-24-7-12-28(13-8-24)34-20-19-31-16-3-2-4-17-31/h5,7-9,11-14,22,30,33H,2-4,6,10,15-21H2,1H3. The van der Waals surface area contributed by atoms with Crippen LogP contribution in [0.4, 0.5) is 0 Å². The molecule has 4 nitrogen and oxygen atoms in total. The van der Waals surface area contributed by atoms with Crippen molar-refractivity contribution in [3.8, 4) is 11.5 Å². The molecule has 1 aliphatic carbocycles. The van der Waals surface area contributed by atoms with E-state index in [0.717, 1.165) is 51.1 Å². The predicted molar refractivity (Wildman–Crippen MR) is 138 cm³/mol. The highest BCUT2D eigenvalue weighted by atomic mass is 16.5. The van der Waals surface area contributed by atoms with E-state index in [9.17, 15) is 5.11 Å². The molecular formula is C30H38N2O2. The van der Waals surface area contributed by atoms with Crippen LogP contribution in [0.5, 0.6) is 11.5 Å². The Balaban J connectivity index is 1.28. The number of fused-ring (bicyclic) bond motifs is 1. The molecule has 1 atom stereocenters. The third-order valence-corrected chi connectivity index (χ3v) is 7.67. The first kappa shape index (κ1) is 23.0. The van der Waals surface area contributed by atoms with Gasteiger partial charge in [0.25, 0.3) is 0 Å². The lowest BCUT2D eigenvalue weighted by atomic mass is 9.87. The SMILES string of the molecule is CC1=CC=C(N2CCc3cc(O)ccc3C2Cc2ccc(OCCN3CCCCC3)cc2)CC1. The van der Waals surface area contributed by atoms with Crippen molar-refractivity contribution in [2.45, 2.75) is 57.9 Å². The molecule has 1 saturated heterocycles. The summed E-state index contributed by atoms with van der Waals surface area (Å²) in [6, 6.07) is 14.9. The number of phenols is 1. The molecule has 0 aromatic heterocycles. The van der Waals surface area contributed by atoms with Gasteiger partial charge in [0.15, 0.2) is 0 Å². The summed E-state index contributed by atoms with van der Waals surface area (Å²) >= 11 is 0. The molecule has 34 heavy (non-hydrogen) atoms. The zero-order chi connectivity index (χ0) is 23.3. The molecule has 2 aliphatic heterocycles. The van der Waals surface area contributed by atoms with Gasteiger partial charge in [0.1, 0.15) is 18.1 Å². The van der Waals surface area contributed by atoms with Gasteiger partial charge in [0.2, 0.25) is 0 Å². The van der Waals surface area contributed by atoms with Gasteiger partial charge in [-0.05, 0) is 106 Å². The smallest absolute Gasteiger partial charge is 0.119 e. The number of rotatable bonds is 7. The first-order chi connectivity index (χ1) is 16.7. The summed E-state index contributed by atoms with van der Waals surface area (Å²) in [5.41, 5.74) is 6.84. The molecule has 2 aromatic carbocycles. The molecule has 0 saturated carbocycles. The lowest BCUT2D eigenvalue weighted by molar-refractivity contribution is 0.183. The Morgan fingerprint density at radius 2 is 1.74 bits per heavy atom. The van der Waals surface area contributed by atoms with Gasteiger partial charge in [0, 0.05) is 18.8 Å². The van der Waals surface area contributed by atoms with Crippen molar-refractivity contribution < 1.29 is 9.84 Å². The average molecular weight is 459 g/mol. The van der Waals surface area contributed by atoms with Crippen LogP contribution >= 0.6 is 0 Å². The summed E-state index contributed by atoms with van der Waals surface area (Å²) in [5, 5.41) is 10.0. The molecule has 0 amide bonds. The van der Waals surface area contributed by atoms with E-state index < -0.39 is 0 Å². The van der Waals surface area contributed by atoms with Crippen LogP contribution in [0, 0.1) is 0 Å². The average Bonchev–Trinajstić information content (AvgIpc) is 2.86. The van der Waals surface area contributed by atoms with Gasteiger partial charge in [-0.25, -0.2) is 0 Å². The van der Waals surface area contributed by atoms with Crippen molar-refractivity contribution in [1.82, 2.24) is 9.80 Å². The van der Waals surface area contributed by atoms with Gasteiger partial charge in [-0.15, -0.1) is 0 Å². The summed E-state index contributed by atoms with van der Waals surface area (Å²) in [5.74, 6) is 1.33. The van der Waals surface area contributed by atoms with Crippen molar-refractivity contribution >= 4 is 0 Å². The lowest BCUT2D eigenvalue weighted by Crippen LogP contribution is -2.36. The van der Waals surface area contributed by atoms with E-state index in [1.54, 1.807) is 0 Å². The molecule has 0 radical (unpaired) electrons. The van der Waals surface area contributed by atoms with E-state index in [-0.39, 0.29) is 6.04 Å². The van der Waals surface area contributed by atoms with Crippen LogP contribution in [-0.4, -0.2) is 47.7 Å². The van der Waals surface area contributed by atoms with Gasteiger partial charge < -0.3 is 14.7 Å². The Morgan fingerprint density at radius 3 is 2.50 bits per heavy atom. The van der Waals surface area contributed by atoms with Crippen LogP contribution in [0.15, 0.2) is 65.9 Å². The Hall–Kier alpha value is -2.72. The number of allylic oxidation sites excluding steroid dienone is 4. The molecule has 1 N–H and O–H groups in total. The zero-order valence-electron chi connectivity index (χ0n) is 20.5. The largest absolute Gasteiger partial charge is 0.508 e. The Morgan fingerprint density at radius 1 is 0.912 bits per heavy atom. The maximum atomic E-state index is 10.0. The number of hydrogen-bond donors (Lipinski definition) is 1. The maximum Gasteiger partial charge on any atom is 0.119 e. The lowest BCUT2D eigenvalue weighted by Gasteiger charge is -2.41. The van der Waals surface area contributed by atoms with Crippen molar-refractivity contribution in [1.29, 1.82) is 0 Å². The summed E-state index contributed by atoms with van der Waals surface area (Å²) in [4.78, 5) is 5.12. The Labute approximate surface area is 204 Å². The third-order valence-electron chi connectivity index (χ3n) is 7.67. The first-order valence-electron chi connectivity index (χ1n) is 13.0. The van der Waals surface area contributed by atoms with Crippen LogP contribution in [0.3, 0.4) is 0 Å². The van der Waals surface area contributed by atoms with Crippen molar-refractivity contribution in [2.24, 2.45) is 0 Å². The molecular weight excluding hydrogens is 420 g/mol. The quantitative estimate of drug-likeness (QED) is 0.550. The third kappa shape index (κ3) is 5.50. The van der Waals surface area contributed by atoms with E-state index in [1.165, 1.54) is 60.3 Å². The first-order valence-corrected chi connectivity index (χ1v) is 13.0. The van der Waals surface area contributed by atoms with Crippen LogP contribution in [-0.2, 0) is 12.8 Å². The van der Waals surface area contributed by atoms with E-state index in [1.807, 2.05) is 12.1 Å². The topological polar surface area (TPSA) is 35.9 Å². The second kappa shape index (κ2) is 10.7. The minimum absolute atomic E-state index is 0.285. The number of aromatic hydroxyl groups is 1. The second-order valence-electron chi connectivity index (χ2n) is 10.1. The summed E-state index contributed by atoms with van der Waals surface area (Å²) in [7, 11) is 0. The number of phenolic OH excluding ortho intramolecular Hbond substituents is 1. The molecule has 4 heteroatoms. The van der Waals surface area contributed by atoms with E-state index in [2.05, 4.69) is 59.2 Å². The second-order valence-corrected chi connectivity index (χ2v) is 10.1. The molecule has 0 spiro atoms. The van der Waals surface area contributed by atoms with E-state index >= 15 is 0 Å². The highest BCUT2D eigenvalue weighted by molar-refractivity contribution is 5.41. The number of likely N-dealkylation sites (tertiary alicyclic amines) is 1. The van der Waals surface area contributed by atoms with Crippen molar-refractivity contribution in [3.05, 3.63) is 82.6 Å². The summed E-state index contributed by atoms with van der Waals surface area (Å²) in [6.07, 6.45) is 12.8. The van der Waals surface area contributed by atoms with Gasteiger partial charge in [0.05, 0.1) is 6.04 Å². The Bertz CT molecular complexity index is 1030. The highest BCUT2D eigenvalue weighted by Crippen LogP contribution is 2.38. The minimum atomic E-state index is 0.285. The van der Waals surface area contributed by atoms with Crippen LogP contribution in [0.1, 0.15) is 61.8 Å². The number of benzene rings is 2. The van der Waals surface area contributed by atoms with E-state index in [4.69, 9.17) is 4.74 Å². The predicted octanol–water partition coefficient (Wildman–Crippen LogP) is 6.02. The summed E-state index contributed by atoms with van der Waals surface area (Å²) < 4.78 is 6.05. The fourth-order valence-electron chi connectivity index (χ4n) is 5.65. The van der Waals surface area contributed by atoms with Crippen molar-refractivity contribution in [2.75, 3.05) is 32.8 Å². The molecule has 2 heterocycles. The number of piperidine rings is 1. The monoisotopic (exact) mass is 458 g/mol. The van der Waals surface area contributed by atoms with Gasteiger partial charge in [-0.2, -0.15) is 0 Å². The zero-order valence-corrected chi connectivity index (χ0v) is 20.5. The molecule has 0 bridgehead atoms. The van der Waals surface area contributed by atoms with Crippen LogP contribution in [0.25, 0.3) is 0 Å². The molecule has 180 valence electrons. The maximum absolute atomic E-state index is 10.0. The fraction of sp³-hybridized carbons (Fsp3) is 0.467. The number of hydrogen-bond acceptors (Lipinski definition) is 4. The van der Waals surface area contributed by atoms with Gasteiger partial charge in [-0.1, -0.05) is 36.3 Å². The molecule has 2 aromatic rings. The van der Waals surface area contributed by atoms with Crippen LogP contribution in [0.2, 0.25) is 0 Å². The molecule has 3 aliphatic rings. The number of ether oxygens (including phenoxy) is 1. The van der Waals surface area contributed by atoms with Gasteiger partial charge in [-0.3, -0.25) is 4.90 Å². The normalized spacial score (nSPS) is 21.0. The molecule has 1 fully saturated rings. The molecule has 1 unspecified atom stereocenters. The highest BCUT2D eigenvalue weighted by Gasteiger charge is 2.29. The molecule has 5 rings (SSSR count).